The van der Waals surface area contributed by atoms with E-state index in [1.807, 2.05) is 6.92 Å². The van der Waals surface area contributed by atoms with Gasteiger partial charge < -0.3 is 11.5 Å². The van der Waals surface area contributed by atoms with Gasteiger partial charge in [-0.05, 0) is 71.4 Å². The van der Waals surface area contributed by atoms with Crippen LogP contribution in [0.3, 0.4) is 0 Å². The topological polar surface area (TPSA) is 81.5 Å². The molecule has 35 heavy (non-hydrogen) atoms. The lowest BCUT2D eigenvalue weighted by atomic mass is 9.52. The summed E-state index contributed by atoms with van der Waals surface area (Å²) >= 11 is 0. The maximum atomic E-state index is 14.0. The molecule has 6 atom stereocenters. The van der Waals surface area contributed by atoms with E-state index >= 15 is 0 Å². The maximum absolute atomic E-state index is 14.0. The van der Waals surface area contributed by atoms with Gasteiger partial charge in [0.25, 0.3) is 0 Å². The number of allylic oxidation sites excluding steroid dienone is 4. The van der Waals surface area contributed by atoms with Crippen LogP contribution in [-0.4, -0.2) is 24.1 Å². The fourth-order valence-electron chi connectivity index (χ4n) is 6.62. The third kappa shape index (κ3) is 4.09. The highest BCUT2D eigenvalue weighted by Crippen LogP contribution is 2.54. The highest BCUT2D eigenvalue weighted by atomic mass is 16.1. The predicted molar refractivity (Wildman–Crippen MR) is 144 cm³/mol. The van der Waals surface area contributed by atoms with Crippen molar-refractivity contribution < 1.29 is 4.79 Å². The monoisotopic (exact) mass is 471 g/mol. The van der Waals surface area contributed by atoms with E-state index in [1.165, 1.54) is 24.0 Å². The normalized spacial score (nSPS) is 35.2. The molecule has 4 heteroatoms. The smallest absolute Gasteiger partial charge is 0.144 e. The van der Waals surface area contributed by atoms with Gasteiger partial charge in [-0.1, -0.05) is 71.0 Å². The second kappa shape index (κ2) is 8.67. The Balaban J connectivity index is 1.57. The van der Waals surface area contributed by atoms with E-state index in [9.17, 15) is 4.79 Å². The fourth-order valence-corrected chi connectivity index (χ4v) is 6.62. The van der Waals surface area contributed by atoms with Crippen molar-refractivity contribution in [3.63, 3.8) is 0 Å². The molecular weight excluding hydrogens is 430 g/mol. The van der Waals surface area contributed by atoms with Crippen molar-refractivity contribution in [1.29, 1.82) is 0 Å². The summed E-state index contributed by atoms with van der Waals surface area (Å²) in [6, 6.07) is 8.44. The molecule has 0 spiro atoms. The number of hydrogen-bond donors (Lipinski definition) is 2. The molecule has 1 heterocycles. The Hall–Kier alpha value is -2.30. The first-order valence-corrected chi connectivity index (χ1v) is 13.3. The van der Waals surface area contributed by atoms with Gasteiger partial charge in [0, 0.05) is 35.2 Å². The van der Waals surface area contributed by atoms with Crippen LogP contribution in [-0.2, 0) is 10.2 Å². The number of aliphatic imine (C=N–C) groups is 1. The van der Waals surface area contributed by atoms with Crippen molar-refractivity contribution >= 4 is 11.5 Å². The SMILES string of the molecule is CC1C(=O)C(c2ccc(C(C)(C)C)cc2)C(C)(C2=CC3CC(C4CC4)=CN=C3C=C2)C(N)C1CN. The summed E-state index contributed by atoms with van der Waals surface area (Å²) in [5, 5.41) is 0. The van der Waals surface area contributed by atoms with Gasteiger partial charge in [-0.3, -0.25) is 9.79 Å². The number of carbonyl (C=O) groups excluding carboxylic acids is 1. The van der Waals surface area contributed by atoms with E-state index in [0.29, 0.717) is 12.5 Å². The van der Waals surface area contributed by atoms with Gasteiger partial charge in [0.2, 0.25) is 0 Å². The van der Waals surface area contributed by atoms with Crippen molar-refractivity contribution in [3.05, 3.63) is 71.0 Å². The number of nitrogens with zero attached hydrogens (tertiary/aromatic N) is 1. The number of fused-ring (bicyclic) bond motifs is 1. The number of Topliss-reactive ketones (excluding diaryl/α,β-unsaturated/α-hetero) is 1. The standard InChI is InChI=1S/C31H41N3O/c1-18-25(16-32)29(33)31(5,27(28(18)35)20-8-10-23(11-9-20)30(2,3)4)24-12-13-26-21(15-24)14-22(17-34-26)19-6-7-19/h8-13,15,17-19,21,25,27,29H,6-7,14,16,32-33H2,1-5H3. The van der Waals surface area contributed by atoms with Gasteiger partial charge in [-0.25, -0.2) is 0 Å². The van der Waals surface area contributed by atoms with Crippen LogP contribution in [0.2, 0.25) is 0 Å². The molecule has 1 aromatic carbocycles. The lowest BCUT2D eigenvalue weighted by molar-refractivity contribution is -0.133. The van der Waals surface area contributed by atoms with E-state index in [0.717, 1.165) is 23.3 Å². The Morgan fingerprint density at radius 2 is 1.80 bits per heavy atom. The Kier molecular flexibility index (Phi) is 6.04. The van der Waals surface area contributed by atoms with Gasteiger partial charge >= 0.3 is 0 Å². The summed E-state index contributed by atoms with van der Waals surface area (Å²) in [6.07, 6.45) is 12.4. The number of hydrogen-bond acceptors (Lipinski definition) is 4. The van der Waals surface area contributed by atoms with Crippen molar-refractivity contribution in [2.75, 3.05) is 6.54 Å². The average Bonchev–Trinajstić information content (AvgIpc) is 3.68. The average molecular weight is 472 g/mol. The minimum Gasteiger partial charge on any atom is -0.330 e. The Morgan fingerprint density at radius 3 is 2.40 bits per heavy atom. The third-order valence-corrected chi connectivity index (χ3v) is 9.26. The van der Waals surface area contributed by atoms with E-state index in [1.54, 1.807) is 0 Å². The third-order valence-electron chi connectivity index (χ3n) is 9.26. The zero-order valence-electron chi connectivity index (χ0n) is 21.9. The van der Waals surface area contributed by atoms with Crippen LogP contribution in [0.5, 0.6) is 0 Å². The van der Waals surface area contributed by atoms with Crippen molar-refractivity contribution in [2.24, 2.45) is 45.5 Å². The van der Waals surface area contributed by atoms with Crippen molar-refractivity contribution in [2.45, 2.75) is 71.3 Å². The molecule has 0 aromatic heterocycles. The van der Waals surface area contributed by atoms with Crippen LogP contribution in [0.4, 0.5) is 0 Å². The first kappa shape index (κ1) is 24.4. The maximum Gasteiger partial charge on any atom is 0.144 e. The zero-order chi connectivity index (χ0) is 25.1. The molecule has 0 bridgehead atoms. The van der Waals surface area contributed by atoms with Crippen LogP contribution in [0.1, 0.15) is 70.9 Å². The molecule has 1 aromatic rings. The summed E-state index contributed by atoms with van der Waals surface area (Å²) in [7, 11) is 0. The van der Waals surface area contributed by atoms with E-state index in [2.05, 4.69) is 76.4 Å². The molecule has 0 radical (unpaired) electrons. The molecule has 6 unspecified atom stereocenters. The van der Waals surface area contributed by atoms with Gasteiger partial charge in [-0.15, -0.1) is 0 Å². The number of benzene rings is 1. The van der Waals surface area contributed by atoms with Gasteiger partial charge in [0.1, 0.15) is 5.78 Å². The number of nitrogens with two attached hydrogens (primary N) is 2. The first-order chi connectivity index (χ1) is 16.6. The van der Waals surface area contributed by atoms with Crippen molar-refractivity contribution in [3.8, 4) is 0 Å². The lowest BCUT2D eigenvalue weighted by Gasteiger charge is -2.52. The quantitative estimate of drug-likeness (QED) is 0.613. The van der Waals surface area contributed by atoms with Gasteiger partial charge in [0.05, 0.1) is 5.92 Å². The second-order valence-electron chi connectivity index (χ2n) is 12.5. The summed E-state index contributed by atoms with van der Waals surface area (Å²) in [6.45, 7) is 11.3. The van der Waals surface area contributed by atoms with Crippen LogP contribution in [0.25, 0.3) is 0 Å². The summed E-state index contributed by atoms with van der Waals surface area (Å²) in [4.78, 5) is 18.8. The Morgan fingerprint density at radius 1 is 1.11 bits per heavy atom. The van der Waals surface area contributed by atoms with E-state index in [4.69, 9.17) is 16.5 Å². The fraction of sp³-hybridized carbons (Fsp3) is 0.548. The molecule has 4 nitrogen and oxygen atoms in total. The molecule has 0 saturated heterocycles. The van der Waals surface area contributed by atoms with Crippen molar-refractivity contribution in [1.82, 2.24) is 0 Å². The largest absolute Gasteiger partial charge is 0.330 e. The number of ketones is 1. The minimum absolute atomic E-state index is 0.0461. The molecule has 4 aliphatic rings. The van der Waals surface area contributed by atoms with E-state index in [-0.39, 0.29) is 40.9 Å². The lowest BCUT2D eigenvalue weighted by Crippen LogP contribution is -2.60. The molecule has 5 rings (SSSR count). The van der Waals surface area contributed by atoms with Gasteiger partial charge in [0.15, 0.2) is 0 Å². The molecule has 0 amide bonds. The number of carbonyl (C=O) groups is 1. The summed E-state index contributed by atoms with van der Waals surface area (Å²) in [5.41, 5.74) is 18.9. The summed E-state index contributed by atoms with van der Waals surface area (Å²) in [5.74, 6) is 0.711. The molecular formula is C31H41N3O. The minimum atomic E-state index is -0.542. The zero-order valence-corrected chi connectivity index (χ0v) is 21.9. The Bertz CT molecular complexity index is 1130. The predicted octanol–water partition coefficient (Wildman–Crippen LogP) is 5.45. The van der Waals surface area contributed by atoms with Crippen LogP contribution >= 0.6 is 0 Å². The highest BCUT2D eigenvalue weighted by molar-refractivity contribution is 6.01. The van der Waals surface area contributed by atoms with Crippen LogP contribution in [0, 0.1) is 29.1 Å². The highest BCUT2D eigenvalue weighted by Gasteiger charge is 2.55. The molecule has 2 saturated carbocycles. The molecule has 3 aliphatic carbocycles. The van der Waals surface area contributed by atoms with Gasteiger partial charge in [-0.2, -0.15) is 0 Å². The van der Waals surface area contributed by atoms with E-state index < -0.39 is 5.41 Å². The van der Waals surface area contributed by atoms with Crippen LogP contribution < -0.4 is 11.5 Å². The molecule has 1 aliphatic heterocycles. The molecule has 186 valence electrons. The second-order valence-corrected chi connectivity index (χ2v) is 12.5. The van der Waals surface area contributed by atoms with Crippen LogP contribution in [0.15, 0.2) is 64.8 Å². The number of rotatable bonds is 4. The molecule has 4 N–H and O–H groups in total. The summed E-state index contributed by atoms with van der Waals surface area (Å²) < 4.78 is 0. The first-order valence-electron chi connectivity index (χ1n) is 13.3. The molecule has 2 fully saturated rings. The Labute approximate surface area is 210 Å².